The van der Waals surface area contributed by atoms with E-state index in [4.69, 9.17) is 4.74 Å². The van der Waals surface area contributed by atoms with Gasteiger partial charge in [-0.1, -0.05) is 20.8 Å². The van der Waals surface area contributed by atoms with E-state index in [9.17, 15) is 4.79 Å². The van der Waals surface area contributed by atoms with Crippen LogP contribution in [0.15, 0.2) is 6.07 Å². The molecule has 0 fully saturated rings. The lowest BCUT2D eigenvalue weighted by Gasteiger charge is -2.14. The molecule has 96 valence electrons. The van der Waals surface area contributed by atoms with Gasteiger partial charge in [0, 0.05) is 24.3 Å². The first kappa shape index (κ1) is 13.7. The van der Waals surface area contributed by atoms with Gasteiger partial charge in [0.2, 0.25) is 5.91 Å². The molecule has 0 bridgehead atoms. The Morgan fingerprint density at radius 3 is 2.71 bits per heavy atom. The summed E-state index contributed by atoms with van der Waals surface area (Å²) in [6.07, 6.45) is 0.241. The number of methoxy groups -OCH3 is 1. The second kappa shape index (κ2) is 5.31. The molecule has 0 saturated carbocycles. The van der Waals surface area contributed by atoms with Gasteiger partial charge in [-0.15, -0.1) is 0 Å². The van der Waals surface area contributed by atoms with Crippen LogP contribution in [0.3, 0.4) is 0 Å². The molecule has 5 heteroatoms. The highest BCUT2D eigenvalue weighted by molar-refractivity contribution is 5.90. The summed E-state index contributed by atoms with van der Waals surface area (Å²) in [5.74, 6) is 0.467. The quantitative estimate of drug-likeness (QED) is 0.845. The maximum absolute atomic E-state index is 11.6. The minimum atomic E-state index is -0.0914. The summed E-state index contributed by atoms with van der Waals surface area (Å²) in [6.45, 7) is 8.10. The summed E-state index contributed by atoms with van der Waals surface area (Å²) < 4.78 is 5.03. The number of amides is 1. The zero-order chi connectivity index (χ0) is 13.1. The summed E-state index contributed by atoms with van der Waals surface area (Å²) >= 11 is 0. The van der Waals surface area contributed by atoms with Gasteiger partial charge < -0.3 is 10.1 Å². The number of nitrogens with one attached hydrogen (secondary N) is 2. The van der Waals surface area contributed by atoms with Gasteiger partial charge in [-0.25, -0.2) is 0 Å². The van der Waals surface area contributed by atoms with Crippen molar-refractivity contribution in [1.82, 2.24) is 10.2 Å². The van der Waals surface area contributed by atoms with Crippen LogP contribution in [0.25, 0.3) is 0 Å². The van der Waals surface area contributed by atoms with E-state index < -0.39 is 0 Å². The summed E-state index contributed by atoms with van der Waals surface area (Å²) in [5, 5.41) is 9.72. The topological polar surface area (TPSA) is 67.0 Å². The lowest BCUT2D eigenvalue weighted by molar-refractivity contribution is -0.118. The fraction of sp³-hybridized carbons (Fsp3) is 0.667. The SMILES string of the molecule is CO[C@H](C)CC(=O)Nc1cc(C(C)(C)C)[nH]n1. The lowest BCUT2D eigenvalue weighted by atomic mass is 9.92. The Morgan fingerprint density at radius 2 is 2.24 bits per heavy atom. The predicted molar refractivity (Wildman–Crippen MR) is 67.0 cm³/mol. The van der Waals surface area contributed by atoms with Crippen molar-refractivity contribution in [2.75, 3.05) is 12.4 Å². The first-order valence-corrected chi connectivity index (χ1v) is 5.71. The molecule has 1 atom stereocenters. The molecular formula is C12H21N3O2. The lowest BCUT2D eigenvalue weighted by Crippen LogP contribution is -2.19. The second-order valence-electron chi connectivity index (χ2n) is 5.22. The van der Waals surface area contributed by atoms with Crippen molar-refractivity contribution in [2.45, 2.75) is 45.6 Å². The number of H-pyrrole nitrogens is 1. The van der Waals surface area contributed by atoms with E-state index in [0.717, 1.165) is 5.69 Å². The maximum atomic E-state index is 11.6. The molecule has 1 rings (SSSR count). The predicted octanol–water partition coefficient (Wildman–Crippen LogP) is 2.07. The number of anilines is 1. The second-order valence-corrected chi connectivity index (χ2v) is 5.22. The van der Waals surface area contributed by atoms with Crippen molar-refractivity contribution < 1.29 is 9.53 Å². The highest BCUT2D eigenvalue weighted by Crippen LogP contribution is 2.21. The summed E-state index contributed by atoms with van der Waals surface area (Å²) in [4.78, 5) is 11.6. The molecule has 0 aliphatic heterocycles. The number of nitrogens with zero attached hydrogens (tertiary/aromatic N) is 1. The monoisotopic (exact) mass is 239 g/mol. The van der Waals surface area contributed by atoms with Gasteiger partial charge >= 0.3 is 0 Å². The van der Waals surface area contributed by atoms with Gasteiger partial charge in [0.05, 0.1) is 12.5 Å². The number of carbonyl (C=O) groups excluding carboxylic acids is 1. The number of hydrogen-bond acceptors (Lipinski definition) is 3. The molecule has 2 N–H and O–H groups in total. The van der Waals surface area contributed by atoms with Crippen molar-refractivity contribution in [3.05, 3.63) is 11.8 Å². The van der Waals surface area contributed by atoms with E-state index in [0.29, 0.717) is 12.2 Å². The minimum absolute atomic E-state index is 0.00417. The van der Waals surface area contributed by atoms with Gasteiger partial charge in [-0.05, 0) is 6.92 Å². The summed E-state index contributed by atoms with van der Waals surface area (Å²) in [6, 6.07) is 1.86. The van der Waals surface area contributed by atoms with Crippen LogP contribution in [0.5, 0.6) is 0 Å². The largest absolute Gasteiger partial charge is 0.381 e. The summed E-state index contributed by atoms with van der Waals surface area (Å²) in [7, 11) is 1.59. The molecule has 1 aromatic heterocycles. The van der Waals surface area contributed by atoms with Crippen LogP contribution in [0.1, 0.15) is 39.8 Å². The van der Waals surface area contributed by atoms with E-state index in [2.05, 4.69) is 36.3 Å². The Morgan fingerprint density at radius 1 is 1.59 bits per heavy atom. The van der Waals surface area contributed by atoms with Gasteiger partial charge in [0.1, 0.15) is 0 Å². The minimum Gasteiger partial charge on any atom is -0.381 e. The van der Waals surface area contributed by atoms with Crippen molar-refractivity contribution in [3.63, 3.8) is 0 Å². The van der Waals surface area contributed by atoms with Gasteiger partial charge in [-0.2, -0.15) is 5.10 Å². The number of rotatable bonds is 4. The molecule has 1 amide bonds. The third kappa shape index (κ3) is 4.19. The molecule has 5 nitrogen and oxygen atoms in total. The number of aromatic amines is 1. The number of aromatic nitrogens is 2. The van der Waals surface area contributed by atoms with Crippen LogP contribution in [0.4, 0.5) is 5.82 Å². The Kier molecular flexibility index (Phi) is 4.28. The standard InChI is InChI=1S/C12H21N3O2/c1-8(17-5)6-11(16)13-10-7-9(14-15-10)12(2,3)4/h7-8H,6H2,1-5H3,(H2,13,14,15,16)/t8-/m1/s1. The molecule has 1 heterocycles. The van der Waals surface area contributed by atoms with Crippen molar-refractivity contribution in [2.24, 2.45) is 0 Å². The van der Waals surface area contributed by atoms with E-state index in [-0.39, 0.29) is 17.4 Å². The Balaban J connectivity index is 2.58. The zero-order valence-electron chi connectivity index (χ0n) is 11.1. The molecule has 0 saturated heterocycles. The first-order valence-electron chi connectivity index (χ1n) is 5.71. The number of carbonyl (C=O) groups is 1. The molecule has 0 unspecified atom stereocenters. The van der Waals surface area contributed by atoms with Crippen LogP contribution >= 0.6 is 0 Å². The molecule has 0 aromatic carbocycles. The van der Waals surface area contributed by atoms with E-state index in [1.165, 1.54) is 0 Å². The van der Waals surface area contributed by atoms with Gasteiger partial charge in [-0.3, -0.25) is 9.89 Å². The summed E-state index contributed by atoms with van der Waals surface area (Å²) in [5.41, 5.74) is 0.989. The van der Waals surface area contributed by atoms with Crippen LogP contribution in [-0.4, -0.2) is 29.3 Å². The molecule has 0 aliphatic rings. The highest BCUT2D eigenvalue weighted by atomic mass is 16.5. The van der Waals surface area contributed by atoms with E-state index >= 15 is 0 Å². The molecule has 17 heavy (non-hydrogen) atoms. The Labute approximate surface area is 102 Å². The van der Waals surface area contributed by atoms with Crippen LogP contribution in [0.2, 0.25) is 0 Å². The van der Waals surface area contributed by atoms with Gasteiger partial charge in [0.25, 0.3) is 0 Å². The highest BCUT2D eigenvalue weighted by Gasteiger charge is 2.17. The fourth-order valence-electron chi connectivity index (χ4n) is 1.31. The molecule has 0 spiro atoms. The Hall–Kier alpha value is -1.36. The fourth-order valence-corrected chi connectivity index (χ4v) is 1.31. The zero-order valence-corrected chi connectivity index (χ0v) is 11.1. The van der Waals surface area contributed by atoms with Crippen LogP contribution in [0, 0.1) is 0 Å². The number of ether oxygens (including phenoxy) is 1. The van der Waals surface area contributed by atoms with Crippen molar-refractivity contribution in [1.29, 1.82) is 0 Å². The average Bonchev–Trinajstić information content (AvgIpc) is 2.65. The van der Waals surface area contributed by atoms with Crippen molar-refractivity contribution >= 4 is 11.7 Å². The molecular weight excluding hydrogens is 218 g/mol. The smallest absolute Gasteiger partial charge is 0.228 e. The van der Waals surface area contributed by atoms with Gasteiger partial charge in [0.15, 0.2) is 5.82 Å². The molecule has 0 aliphatic carbocycles. The van der Waals surface area contributed by atoms with E-state index in [1.807, 2.05) is 13.0 Å². The van der Waals surface area contributed by atoms with Crippen LogP contribution < -0.4 is 5.32 Å². The van der Waals surface area contributed by atoms with Crippen molar-refractivity contribution in [3.8, 4) is 0 Å². The Bertz CT molecular complexity index is 379. The third-order valence-electron chi connectivity index (χ3n) is 2.53. The normalized spacial score (nSPS) is 13.5. The average molecular weight is 239 g/mol. The maximum Gasteiger partial charge on any atom is 0.228 e. The third-order valence-corrected chi connectivity index (χ3v) is 2.53. The van der Waals surface area contributed by atoms with Crippen LogP contribution in [-0.2, 0) is 14.9 Å². The van der Waals surface area contributed by atoms with E-state index in [1.54, 1.807) is 7.11 Å². The molecule has 0 radical (unpaired) electrons. The molecule has 1 aromatic rings. The number of hydrogen-bond donors (Lipinski definition) is 2. The first-order chi connectivity index (χ1) is 7.82.